The normalized spacial score (nSPS) is 11.3. The standard InChI is InChI=1S/C9H10BrNO/c1-12-11-9(10)7-8-5-3-2-4-6-8/h2-6H,7H2,1H3. The molecular weight excluding hydrogens is 218 g/mol. The number of nitrogens with zero attached hydrogens (tertiary/aromatic N) is 1. The molecule has 0 bridgehead atoms. The highest BCUT2D eigenvalue weighted by Crippen LogP contribution is 2.04. The highest BCUT2D eigenvalue weighted by Gasteiger charge is 1.95. The largest absolute Gasteiger partial charge is 0.398 e. The van der Waals surface area contributed by atoms with Crippen molar-refractivity contribution in [1.29, 1.82) is 0 Å². The first-order valence-electron chi connectivity index (χ1n) is 3.62. The topological polar surface area (TPSA) is 21.6 Å². The van der Waals surface area contributed by atoms with Crippen molar-refractivity contribution in [2.45, 2.75) is 6.42 Å². The summed E-state index contributed by atoms with van der Waals surface area (Å²) in [5.74, 6) is 0. The molecule has 0 N–H and O–H groups in total. The molecule has 0 saturated carbocycles. The van der Waals surface area contributed by atoms with Crippen LogP contribution < -0.4 is 0 Å². The van der Waals surface area contributed by atoms with E-state index in [1.54, 1.807) is 0 Å². The van der Waals surface area contributed by atoms with Crippen LogP contribution in [-0.2, 0) is 11.3 Å². The maximum atomic E-state index is 4.62. The average Bonchev–Trinajstić information content (AvgIpc) is 2.06. The van der Waals surface area contributed by atoms with Gasteiger partial charge in [0, 0.05) is 6.42 Å². The third kappa shape index (κ3) is 3.05. The van der Waals surface area contributed by atoms with E-state index in [-0.39, 0.29) is 0 Å². The molecule has 0 fully saturated rings. The fourth-order valence-electron chi connectivity index (χ4n) is 0.896. The zero-order valence-corrected chi connectivity index (χ0v) is 8.41. The minimum atomic E-state index is 0.772. The monoisotopic (exact) mass is 227 g/mol. The molecule has 12 heavy (non-hydrogen) atoms. The van der Waals surface area contributed by atoms with E-state index >= 15 is 0 Å². The highest BCUT2D eigenvalue weighted by atomic mass is 79.9. The van der Waals surface area contributed by atoms with Crippen molar-refractivity contribution in [1.82, 2.24) is 0 Å². The van der Waals surface area contributed by atoms with Crippen molar-refractivity contribution in [3.05, 3.63) is 35.9 Å². The lowest BCUT2D eigenvalue weighted by Crippen LogP contribution is -1.93. The van der Waals surface area contributed by atoms with Gasteiger partial charge in [0.05, 0.1) is 0 Å². The predicted molar refractivity (Wildman–Crippen MR) is 53.5 cm³/mol. The van der Waals surface area contributed by atoms with Gasteiger partial charge in [0.1, 0.15) is 11.7 Å². The lowest BCUT2D eigenvalue weighted by atomic mass is 10.2. The summed E-state index contributed by atoms with van der Waals surface area (Å²) in [6.45, 7) is 0. The number of hydrogen-bond acceptors (Lipinski definition) is 2. The van der Waals surface area contributed by atoms with Crippen LogP contribution in [0.1, 0.15) is 5.56 Å². The van der Waals surface area contributed by atoms with Crippen molar-refractivity contribution in [2.75, 3.05) is 7.11 Å². The van der Waals surface area contributed by atoms with Gasteiger partial charge in [-0.15, -0.1) is 0 Å². The maximum Gasteiger partial charge on any atom is 0.127 e. The smallest absolute Gasteiger partial charge is 0.127 e. The summed E-state index contributed by atoms with van der Waals surface area (Å²) in [4.78, 5) is 4.62. The van der Waals surface area contributed by atoms with Crippen LogP contribution in [0.25, 0.3) is 0 Å². The van der Waals surface area contributed by atoms with Gasteiger partial charge >= 0.3 is 0 Å². The van der Waals surface area contributed by atoms with E-state index in [0.29, 0.717) is 0 Å². The quantitative estimate of drug-likeness (QED) is 0.575. The Kier molecular flexibility index (Phi) is 3.80. The number of hydrogen-bond donors (Lipinski definition) is 0. The second-order valence-electron chi connectivity index (χ2n) is 2.31. The first kappa shape index (κ1) is 9.26. The highest BCUT2D eigenvalue weighted by molar-refractivity contribution is 9.18. The number of halogens is 1. The van der Waals surface area contributed by atoms with Gasteiger partial charge in [0.2, 0.25) is 0 Å². The Morgan fingerprint density at radius 2 is 2.08 bits per heavy atom. The third-order valence-electron chi connectivity index (χ3n) is 1.38. The molecule has 0 aliphatic rings. The first-order valence-corrected chi connectivity index (χ1v) is 4.41. The van der Waals surface area contributed by atoms with E-state index < -0.39 is 0 Å². The minimum absolute atomic E-state index is 0.772. The molecule has 0 saturated heterocycles. The van der Waals surface area contributed by atoms with E-state index in [1.807, 2.05) is 30.3 Å². The van der Waals surface area contributed by atoms with E-state index in [4.69, 9.17) is 0 Å². The fourth-order valence-corrected chi connectivity index (χ4v) is 1.36. The van der Waals surface area contributed by atoms with Gasteiger partial charge in [-0.1, -0.05) is 35.5 Å². The minimum Gasteiger partial charge on any atom is -0.398 e. The average molecular weight is 228 g/mol. The Balaban J connectivity index is 2.58. The lowest BCUT2D eigenvalue weighted by Gasteiger charge is -1.97. The molecule has 1 aromatic carbocycles. The molecule has 0 heterocycles. The van der Waals surface area contributed by atoms with Gasteiger partial charge in [-0.2, -0.15) is 0 Å². The molecule has 0 atom stereocenters. The van der Waals surface area contributed by atoms with Gasteiger partial charge < -0.3 is 4.84 Å². The van der Waals surface area contributed by atoms with Crippen LogP contribution in [0.3, 0.4) is 0 Å². The van der Waals surface area contributed by atoms with Crippen LogP contribution in [0.15, 0.2) is 35.5 Å². The molecule has 0 spiro atoms. The molecule has 0 aliphatic carbocycles. The molecule has 3 heteroatoms. The number of oxime groups is 1. The van der Waals surface area contributed by atoms with E-state index in [9.17, 15) is 0 Å². The summed E-state index contributed by atoms with van der Waals surface area (Å²) in [5, 5.41) is 3.75. The Labute approximate surface area is 80.4 Å². The molecule has 64 valence electrons. The molecule has 0 radical (unpaired) electrons. The zero-order chi connectivity index (χ0) is 8.81. The van der Waals surface area contributed by atoms with Crippen LogP contribution in [0.5, 0.6) is 0 Å². The SMILES string of the molecule is CON=C(Br)Cc1ccccc1. The van der Waals surface area contributed by atoms with Gasteiger partial charge in [-0.25, -0.2) is 0 Å². The molecule has 0 unspecified atom stereocenters. The molecule has 0 amide bonds. The first-order chi connectivity index (χ1) is 5.83. The summed E-state index contributed by atoms with van der Waals surface area (Å²) < 4.78 is 0.802. The Morgan fingerprint density at radius 3 is 2.67 bits per heavy atom. The van der Waals surface area contributed by atoms with E-state index in [1.165, 1.54) is 12.7 Å². The Hall–Kier alpha value is -0.830. The van der Waals surface area contributed by atoms with Gasteiger partial charge in [-0.3, -0.25) is 0 Å². The van der Waals surface area contributed by atoms with Crippen LogP contribution in [0.4, 0.5) is 0 Å². The Morgan fingerprint density at radius 1 is 1.42 bits per heavy atom. The van der Waals surface area contributed by atoms with Crippen molar-refractivity contribution in [3.63, 3.8) is 0 Å². The predicted octanol–water partition coefficient (Wildman–Crippen LogP) is 2.58. The zero-order valence-electron chi connectivity index (χ0n) is 6.83. The molecule has 1 rings (SSSR count). The van der Waals surface area contributed by atoms with E-state index in [2.05, 4.69) is 25.9 Å². The maximum absolute atomic E-state index is 4.62. The summed E-state index contributed by atoms with van der Waals surface area (Å²) in [5.41, 5.74) is 1.21. The van der Waals surface area contributed by atoms with Crippen molar-refractivity contribution in [3.8, 4) is 0 Å². The molecule has 0 aliphatic heterocycles. The van der Waals surface area contributed by atoms with Gasteiger partial charge in [0.15, 0.2) is 0 Å². The van der Waals surface area contributed by atoms with Crippen molar-refractivity contribution in [2.24, 2.45) is 5.16 Å². The molecule has 1 aromatic rings. The number of rotatable bonds is 3. The van der Waals surface area contributed by atoms with Gasteiger partial charge in [0.25, 0.3) is 0 Å². The molecule has 2 nitrogen and oxygen atoms in total. The second-order valence-corrected chi connectivity index (χ2v) is 3.23. The van der Waals surface area contributed by atoms with Crippen LogP contribution in [0, 0.1) is 0 Å². The lowest BCUT2D eigenvalue weighted by molar-refractivity contribution is 0.214. The fraction of sp³-hybridized carbons (Fsp3) is 0.222. The third-order valence-corrected chi connectivity index (χ3v) is 1.81. The van der Waals surface area contributed by atoms with Gasteiger partial charge in [-0.05, 0) is 21.5 Å². The number of benzene rings is 1. The van der Waals surface area contributed by atoms with Crippen LogP contribution in [0.2, 0.25) is 0 Å². The van der Waals surface area contributed by atoms with Crippen LogP contribution in [-0.4, -0.2) is 11.7 Å². The molecular formula is C9H10BrNO. The van der Waals surface area contributed by atoms with E-state index in [0.717, 1.165) is 11.0 Å². The Bertz CT molecular complexity index is 258. The summed E-state index contributed by atoms with van der Waals surface area (Å²) >= 11 is 3.30. The van der Waals surface area contributed by atoms with Crippen molar-refractivity contribution < 1.29 is 4.84 Å². The van der Waals surface area contributed by atoms with Crippen LogP contribution >= 0.6 is 15.9 Å². The summed E-state index contributed by atoms with van der Waals surface area (Å²) in [6, 6.07) is 10.1. The second kappa shape index (κ2) is 4.93. The molecule has 0 aromatic heterocycles. The van der Waals surface area contributed by atoms with Crippen molar-refractivity contribution >= 4 is 20.6 Å². The summed E-state index contributed by atoms with van der Waals surface area (Å²) in [7, 11) is 1.53. The summed E-state index contributed by atoms with van der Waals surface area (Å²) in [6.07, 6.45) is 0.772.